The molecule has 3 N–H and O–H groups in total. The second-order valence-electron chi connectivity index (χ2n) is 5.91. The smallest absolute Gasteiger partial charge is 0.0970 e. The van der Waals surface area contributed by atoms with Crippen molar-refractivity contribution >= 4 is 0 Å². The monoisotopic (exact) mass is 243 g/mol. The lowest BCUT2D eigenvalue weighted by molar-refractivity contribution is -0.157. The third-order valence-corrected chi connectivity index (χ3v) is 4.69. The molecule has 0 aromatic rings. The van der Waals surface area contributed by atoms with Crippen molar-refractivity contribution in [3.63, 3.8) is 0 Å². The van der Waals surface area contributed by atoms with Crippen LogP contribution in [0.3, 0.4) is 0 Å². The van der Waals surface area contributed by atoms with E-state index >= 15 is 0 Å². The van der Waals surface area contributed by atoms with Crippen LogP contribution in [-0.4, -0.2) is 31.0 Å². The van der Waals surface area contributed by atoms with E-state index in [9.17, 15) is 5.11 Å². The molecule has 1 atom stereocenters. The number of hydrogen-bond donors (Lipinski definition) is 2. The van der Waals surface area contributed by atoms with Gasteiger partial charge in [-0.3, -0.25) is 0 Å². The second-order valence-corrected chi connectivity index (χ2v) is 5.91. The molecular formula is C14H29NO2. The number of ether oxygens (including phenoxy) is 1. The molecule has 17 heavy (non-hydrogen) atoms. The Morgan fingerprint density at radius 3 is 2.12 bits per heavy atom. The van der Waals surface area contributed by atoms with E-state index in [0.29, 0.717) is 13.2 Å². The van der Waals surface area contributed by atoms with Crippen molar-refractivity contribution in [1.82, 2.24) is 0 Å². The van der Waals surface area contributed by atoms with Gasteiger partial charge in [0.05, 0.1) is 12.2 Å². The Hall–Kier alpha value is -0.120. The van der Waals surface area contributed by atoms with E-state index in [0.717, 1.165) is 12.8 Å². The molecule has 1 aliphatic rings. The number of rotatable bonds is 5. The summed E-state index contributed by atoms with van der Waals surface area (Å²) in [6.07, 6.45) is 6.95. The largest absolute Gasteiger partial charge is 0.387 e. The van der Waals surface area contributed by atoms with Gasteiger partial charge in [0.15, 0.2) is 0 Å². The standard InChI is InChI=1S/C14H29NO2/c1-12(2)14(16,11-17-3)13(10-15)8-6-4-5-7-9-13/h12,16H,4-11,15H2,1-3H3. The van der Waals surface area contributed by atoms with Gasteiger partial charge in [0.1, 0.15) is 0 Å². The van der Waals surface area contributed by atoms with E-state index in [-0.39, 0.29) is 11.3 Å². The van der Waals surface area contributed by atoms with E-state index in [1.54, 1.807) is 7.11 Å². The Labute approximate surface area is 106 Å². The normalized spacial score (nSPS) is 24.4. The van der Waals surface area contributed by atoms with Crippen LogP contribution in [0.25, 0.3) is 0 Å². The van der Waals surface area contributed by atoms with Crippen LogP contribution in [0.1, 0.15) is 52.4 Å². The zero-order valence-electron chi connectivity index (χ0n) is 11.7. The molecular weight excluding hydrogens is 214 g/mol. The van der Waals surface area contributed by atoms with E-state index in [2.05, 4.69) is 13.8 Å². The molecule has 1 saturated carbocycles. The van der Waals surface area contributed by atoms with E-state index < -0.39 is 5.60 Å². The molecule has 0 bridgehead atoms. The molecule has 0 heterocycles. The van der Waals surface area contributed by atoms with Gasteiger partial charge < -0.3 is 15.6 Å². The third-order valence-electron chi connectivity index (χ3n) is 4.69. The first-order valence-electron chi connectivity index (χ1n) is 6.94. The fourth-order valence-electron chi connectivity index (χ4n) is 3.37. The molecule has 3 nitrogen and oxygen atoms in total. The summed E-state index contributed by atoms with van der Waals surface area (Å²) in [5.74, 6) is 0.170. The Kier molecular flexibility index (Phi) is 5.42. The molecule has 0 aromatic heterocycles. The van der Waals surface area contributed by atoms with Crippen LogP contribution < -0.4 is 5.73 Å². The minimum atomic E-state index is -0.791. The topological polar surface area (TPSA) is 55.5 Å². The first kappa shape index (κ1) is 14.9. The van der Waals surface area contributed by atoms with Crippen LogP contribution in [-0.2, 0) is 4.74 Å². The van der Waals surface area contributed by atoms with E-state index in [4.69, 9.17) is 10.5 Å². The molecule has 0 aliphatic heterocycles. The minimum Gasteiger partial charge on any atom is -0.387 e. The fraction of sp³-hybridized carbons (Fsp3) is 1.00. The molecule has 0 spiro atoms. The van der Waals surface area contributed by atoms with Crippen molar-refractivity contribution in [2.45, 2.75) is 58.0 Å². The Balaban J connectivity index is 3.00. The number of hydrogen-bond acceptors (Lipinski definition) is 3. The summed E-state index contributed by atoms with van der Waals surface area (Å²) < 4.78 is 5.28. The van der Waals surface area contributed by atoms with Gasteiger partial charge in [-0.15, -0.1) is 0 Å². The summed E-state index contributed by atoms with van der Waals surface area (Å²) in [4.78, 5) is 0. The lowest BCUT2D eigenvalue weighted by Gasteiger charge is -2.49. The molecule has 3 heteroatoms. The maximum absolute atomic E-state index is 11.1. The van der Waals surface area contributed by atoms with Crippen molar-refractivity contribution in [1.29, 1.82) is 0 Å². The number of methoxy groups -OCH3 is 1. The number of aliphatic hydroxyl groups is 1. The Morgan fingerprint density at radius 2 is 1.76 bits per heavy atom. The van der Waals surface area contributed by atoms with Crippen LogP contribution in [0.4, 0.5) is 0 Å². The fourth-order valence-corrected chi connectivity index (χ4v) is 3.37. The summed E-state index contributed by atoms with van der Waals surface area (Å²) in [6.45, 7) is 5.09. The highest BCUT2D eigenvalue weighted by atomic mass is 16.5. The molecule has 1 unspecified atom stereocenters. The highest BCUT2D eigenvalue weighted by Gasteiger charge is 2.50. The van der Waals surface area contributed by atoms with Crippen molar-refractivity contribution in [2.75, 3.05) is 20.3 Å². The van der Waals surface area contributed by atoms with Crippen molar-refractivity contribution < 1.29 is 9.84 Å². The molecule has 1 fully saturated rings. The van der Waals surface area contributed by atoms with Gasteiger partial charge in [0.2, 0.25) is 0 Å². The molecule has 102 valence electrons. The summed E-state index contributed by atoms with van der Waals surface area (Å²) in [5, 5.41) is 11.1. The highest BCUT2D eigenvalue weighted by molar-refractivity contribution is 5.02. The lowest BCUT2D eigenvalue weighted by Crippen LogP contribution is -2.58. The molecule has 1 aliphatic carbocycles. The first-order valence-corrected chi connectivity index (χ1v) is 6.94. The maximum atomic E-state index is 11.1. The maximum Gasteiger partial charge on any atom is 0.0970 e. The Morgan fingerprint density at radius 1 is 1.24 bits per heavy atom. The van der Waals surface area contributed by atoms with Crippen LogP contribution in [0, 0.1) is 11.3 Å². The summed E-state index contributed by atoms with van der Waals surface area (Å²) >= 11 is 0. The van der Waals surface area contributed by atoms with E-state index in [1.807, 2.05) is 0 Å². The zero-order valence-corrected chi connectivity index (χ0v) is 11.7. The van der Waals surface area contributed by atoms with Gasteiger partial charge in [0.25, 0.3) is 0 Å². The summed E-state index contributed by atoms with van der Waals surface area (Å²) in [6, 6.07) is 0. The predicted octanol–water partition coefficient (Wildman–Crippen LogP) is 2.32. The van der Waals surface area contributed by atoms with Gasteiger partial charge in [-0.25, -0.2) is 0 Å². The highest BCUT2D eigenvalue weighted by Crippen LogP contribution is 2.46. The molecule has 0 saturated heterocycles. The van der Waals surface area contributed by atoms with Gasteiger partial charge in [0, 0.05) is 19.1 Å². The van der Waals surface area contributed by atoms with Crippen molar-refractivity contribution in [2.24, 2.45) is 17.1 Å². The van der Waals surface area contributed by atoms with Gasteiger partial charge in [-0.05, 0) is 18.8 Å². The van der Waals surface area contributed by atoms with Crippen molar-refractivity contribution in [3.8, 4) is 0 Å². The van der Waals surface area contributed by atoms with Gasteiger partial charge in [-0.2, -0.15) is 0 Å². The SMILES string of the molecule is COCC(O)(C(C)C)C1(CN)CCCCCC1. The zero-order chi connectivity index (χ0) is 12.9. The van der Waals surface area contributed by atoms with Gasteiger partial charge >= 0.3 is 0 Å². The number of nitrogens with two attached hydrogens (primary N) is 1. The van der Waals surface area contributed by atoms with Crippen LogP contribution in [0.15, 0.2) is 0 Å². The minimum absolute atomic E-state index is 0.159. The van der Waals surface area contributed by atoms with Gasteiger partial charge in [-0.1, -0.05) is 39.5 Å². The molecule has 0 aromatic carbocycles. The predicted molar refractivity (Wildman–Crippen MR) is 70.9 cm³/mol. The average molecular weight is 243 g/mol. The summed E-state index contributed by atoms with van der Waals surface area (Å²) in [7, 11) is 1.66. The average Bonchev–Trinajstić information content (AvgIpc) is 2.55. The van der Waals surface area contributed by atoms with Crippen LogP contribution in [0.2, 0.25) is 0 Å². The van der Waals surface area contributed by atoms with E-state index in [1.165, 1.54) is 25.7 Å². The Bertz CT molecular complexity index is 222. The lowest BCUT2D eigenvalue weighted by atomic mass is 9.62. The molecule has 0 radical (unpaired) electrons. The first-order chi connectivity index (χ1) is 8.02. The van der Waals surface area contributed by atoms with Crippen LogP contribution in [0.5, 0.6) is 0 Å². The third kappa shape index (κ3) is 2.83. The summed E-state index contributed by atoms with van der Waals surface area (Å²) in [5.41, 5.74) is 5.10. The molecule has 1 rings (SSSR count). The second kappa shape index (κ2) is 6.17. The van der Waals surface area contributed by atoms with Crippen LogP contribution >= 0.6 is 0 Å². The molecule has 0 amide bonds. The van der Waals surface area contributed by atoms with Crippen molar-refractivity contribution in [3.05, 3.63) is 0 Å². The quantitative estimate of drug-likeness (QED) is 0.729.